The highest BCUT2D eigenvalue weighted by molar-refractivity contribution is 7.99. The van der Waals surface area contributed by atoms with Crippen molar-refractivity contribution < 1.29 is 4.79 Å². The van der Waals surface area contributed by atoms with Crippen LogP contribution in [0.3, 0.4) is 0 Å². The van der Waals surface area contributed by atoms with Crippen LogP contribution in [0.2, 0.25) is 5.02 Å². The molecule has 0 fully saturated rings. The van der Waals surface area contributed by atoms with Gasteiger partial charge in [0.25, 0.3) is 0 Å². The van der Waals surface area contributed by atoms with E-state index in [0.29, 0.717) is 23.7 Å². The van der Waals surface area contributed by atoms with Gasteiger partial charge in [0.15, 0.2) is 0 Å². The van der Waals surface area contributed by atoms with E-state index < -0.39 is 0 Å². The monoisotopic (exact) mass is 311 g/mol. The first-order valence-electron chi connectivity index (χ1n) is 6.56. The van der Waals surface area contributed by atoms with Crippen molar-refractivity contribution in [2.45, 2.75) is 13.3 Å². The first-order chi connectivity index (χ1) is 9.60. The minimum atomic E-state index is 0.163. The average Bonchev–Trinajstić information content (AvgIpc) is 2.83. The summed E-state index contributed by atoms with van der Waals surface area (Å²) in [6.45, 7) is 2.72. The molecule has 6 heteroatoms. The van der Waals surface area contributed by atoms with Crippen molar-refractivity contribution in [3.63, 3.8) is 0 Å². The topological polar surface area (TPSA) is 49.0 Å². The lowest BCUT2D eigenvalue weighted by atomic mass is 10.3. The van der Waals surface area contributed by atoms with Gasteiger partial charge in [0.1, 0.15) is 5.82 Å². The molecule has 0 saturated heterocycles. The Morgan fingerprint density at radius 3 is 3.05 bits per heavy atom. The van der Waals surface area contributed by atoms with E-state index in [1.165, 1.54) is 0 Å². The molecule has 1 aromatic heterocycles. The highest BCUT2D eigenvalue weighted by atomic mass is 35.5. The minimum Gasteiger partial charge on any atom is -0.345 e. The number of aromatic amines is 1. The number of carbonyl (C=O) groups is 1. The van der Waals surface area contributed by atoms with E-state index in [9.17, 15) is 4.79 Å². The Morgan fingerprint density at radius 1 is 1.50 bits per heavy atom. The standard InChI is InChI=1S/C14H18ClN3OS/c1-3-20-9-14(19)18(2)7-6-13-16-11-5-4-10(15)8-12(11)17-13/h4-5,8H,3,6-7,9H2,1-2H3,(H,16,17). The fourth-order valence-corrected chi connectivity index (χ4v) is 2.62. The number of imidazole rings is 1. The molecule has 0 spiro atoms. The number of fused-ring (bicyclic) bond motifs is 1. The number of amides is 1. The largest absolute Gasteiger partial charge is 0.345 e. The van der Waals surface area contributed by atoms with Crippen LogP contribution in [-0.4, -0.2) is 45.9 Å². The van der Waals surface area contributed by atoms with Crippen molar-refractivity contribution in [1.29, 1.82) is 0 Å². The third-order valence-electron chi connectivity index (χ3n) is 3.03. The molecule has 2 rings (SSSR count). The normalized spacial score (nSPS) is 10.9. The molecular weight excluding hydrogens is 294 g/mol. The van der Waals surface area contributed by atoms with Gasteiger partial charge < -0.3 is 9.88 Å². The molecule has 0 saturated carbocycles. The number of carbonyl (C=O) groups excluding carboxylic acids is 1. The van der Waals surface area contributed by atoms with E-state index in [2.05, 4.69) is 16.9 Å². The Morgan fingerprint density at radius 2 is 2.30 bits per heavy atom. The Bertz CT molecular complexity index is 599. The van der Waals surface area contributed by atoms with Crippen LogP contribution in [0.15, 0.2) is 18.2 Å². The quantitative estimate of drug-likeness (QED) is 0.892. The molecule has 1 aromatic carbocycles. The summed E-state index contributed by atoms with van der Waals surface area (Å²) in [5, 5.41) is 0.691. The minimum absolute atomic E-state index is 0.163. The summed E-state index contributed by atoms with van der Waals surface area (Å²) in [4.78, 5) is 21.3. The fraction of sp³-hybridized carbons (Fsp3) is 0.429. The summed E-state index contributed by atoms with van der Waals surface area (Å²) in [6, 6.07) is 5.58. The summed E-state index contributed by atoms with van der Waals surface area (Å²) in [6.07, 6.45) is 0.714. The van der Waals surface area contributed by atoms with Crippen LogP contribution in [0.5, 0.6) is 0 Å². The number of hydrogen-bond donors (Lipinski definition) is 1. The molecule has 2 aromatic rings. The highest BCUT2D eigenvalue weighted by Gasteiger charge is 2.10. The van der Waals surface area contributed by atoms with Crippen LogP contribution in [0.25, 0.3) is 11.0 Å². The maximum Gasteiger partial charge on any atom is 0.232 e. The van der Waals surface area contributed by atoms with E-state index in [-0.39, 0.29) is 5.91 Å². The number of halogens is 1. The van der Waals surface area contributed by atoms with E-state index in [0.717, 1.165) is 22.6 Å². The molecule has 1 N–H and O–H groups in total. The Hall–Kier alpha value is -1.20. The van der Waals surface area contributed by atoms with E-state index in [1.54, 1.807) is 16.7 Å². The third kappa shape index (κ3) is 3.90. The number of benzene rings is 1. The molecule has 0 aliphatic carbocycles. The molecule has 4 nitrogen and oxygen atoms in total. The number of thioether (sulfide) groups is 1. The van der Waals surface area contributed by atoms with Gasteiger partial charge >= 0.3 is 0 Å². The van der Waals surface area contributed by atoms with Crippen LogP contribution in [0.1, 0.15) is 12.7 Å². The lowest BCUT2D eigenvalue weighted by molar-refractivity contribution is -0.127. The third-order valence-corrected chi connectivity index (χ3v) is 4.13. The van der Waals surface area contributed by atoms with Crippen molar-refractivity contribution in [1.82, 2.24) is 14.9 Å². The zero-order valence-corrected chi connectivity index (χ0v) is 13.2. The number of likely N-dealkylation sites (N-methyl/N-ethyl adjacent to an activating group) is 1. The van der Waals surface area contributed by atoms with Gasteiger partial charge in [0.2, 0.25) is 5.91 Å². The van der Waals surface area contributed by atoms with Gasteiger partial charge in [0.05, 0.1) is 16.8 Å². The lowest BCUT2D eigenvalue weighted by Gasteiger charge is -2.15. The summed E-state index contributed by atoms with van der Waals surface area (Å²) in [7, 11) is 1.83. The van der Waals surface area contributed by atoms with Crippen LogP contribution >= 0.6 is 23.4 Å². The predicted molar refractivity (Wildman–Crippen MR) is 85.4 cm³/mol. The van der Waals surface area contributed by atoms with Crippen LogP contribution in [0.4, 0.5) is 0 Å². The number of rotatable bonds is 6. The Balaban J connectivity index is 1.93. The van der Waals surface area contributed by atoms with Crippen molar-refractivity contribution in [3.05, 3.63) is 29.0 Å². The number of nitrogens with zero attached hydrogens (tertiary/aromatic N) is 2. The smallest absolute Gasteiger partial charge is 0.232 e. The zero-order valence-electron chi connectivity index (χ0n) is 11.6. The summed E-state index contributed by atoms with van der Waals surface area (Å²) < 4.78 is 0. The molecule has 0 unspecified atom stereocenters. The second kappa shape index (κ2) is 6.99. The molecule has 0 radical (unpaired) electrons. The zero-order chi connectivity index (χ0) is 14.5. The van der Waals surface area contributed by atoms with E-state index >= 15 is 0 Å². The van der Waals surface area contributed by atoms with Crippen LogP contribution in [0, 0.1) is 0 Å². The van der Waals surface area contributed by atoms with Gasteiger partial charge in [-0.3, -0.25) is 4.79 Å². The van der Waals surface area contributed by atoms with Gasteiger partial charge in [-0.05, 0) is 24.0 Å². The first kappa shape index (κ1) is 15.2. The number of hydrogen-bond acceptors (Lipinski definition) is 3. The van der Waals surface area contributed by atoms with Crippen LogP contribution in [-0.2, 0) is 11.2 Å². The number of aromatic nitrogens is 2. The Kier molecular flexibility index (Phi) is 5.31. The molecule has 0 atom stereocenters. The molecule has 0 aliphatic rings. The molecule has 20 heavy (non-hydrogen) atoms. The molecular formula is C14H18ClN3OS. The van der Waals surface area contributed by atoms with Gasteiger partial charge in [-0.2, -0.15) is 11.8 Å². The van der Waals surface area contributed by atoms with Gasteiger partial charge in [-0.1, -0.05) is 18.5 Å². The first-order valence-corrected chi connectivity index (χ1v) is 8.09. The maximum absolute atomic E-state index is 11.8. The predicted octanol–water partition coefficient (Wildman–Crippen LogP) is 2.97. The molecule has 1 heterocycles. The fourth-order valence-electron chi connectivity index (χ4n) is 1.85. The summed E-state index contributed by atoms with van der Waals surface area (Å²) in [5.74, 6) is 2.55. The van der Waals surface area contributed by atoms with Gasteiger partial charge in [0, 0.05) is 25.0 Å². The van der Waals surface area contributed by atoms with Crippen LogP contribution < -0.4 is 0 Å². The maximum atomic E-state index is 11.8. The summed E-state index contributed by atoms with van der Waals surface area (Å²) >= 11 is 7.58. The molecule has 108 valence electrons. The Labute approximate surface area is 127 Å². The molecule has 0 bridgehead atoms. The van der Waals surface area contributed by atoms with Crippen molar-refractivity contribution in [2.75, 3.05) is 25.1 Å². The van der Waals surface area contributed by atoms with Crippen molar-refractivity contribution in [2.24, 2.45) is 0 Å². The lowest BCUT2D eigenvalue weighted by Crippen LogP contribution is -2.30. The second-order valence-corrected chi connectivity index (χ2v) is 6.26. The summed E-state index contributed by atoms with van der Waals surface area (Å²) in [5.41, 5.74) is 1.84. The average molecular weight is 312 g/mol. The van der Waals surface area contributed by atoms with E-state index in [1.807, 2.05) is 25.2 Å². The van der Waals surface area contributed by atoms with E-state index in [4.69, 9.17) is 11.6 Å². The SMILES string of the molecule is CCSCC(=O)N(C)CCc1nc2ccc(Cl)cc2[nH]1. The highest BCUT2D eigenvalue weighted by Crippen LogP contribution is 2.17. The second-order valence-electron chi connectivity index (χ2n) is 4.55. The molecule has 1 amide bonds. The number of H-pyrrole nitrogens is 1. The van der Waals surface area contributed by atoms with Crippen molar-refractivity contribution >= 4 is 40.3 Å². The van der Waals surface area contributed by atoms with Gasteiger partial charge in [-0.15, -0.1) is 0 Å². The molecule has 0 aliphatic heterocycles. The van der Waals surface area contributed by atoms with Gasteiger partial charge in [-0.25, -0.2) is 4.98 Å². The number of nitrogens with one attached hydrogen (secondary N) is 1. The van der Waals surface area contributed by atoms with Crippen molar-refractivity contribution in [3.8, 4) is 0 Å².